The van der Waals surface area contributed by atoms with Gasteiger partial charge in [-0.05, 0) is 193 Å². The molecular formula is C89H98O2S2. The molecule has 0 aliphatic heterocycles. The molecular weight excluding hydrogens is 1170 g/mol. The van der Waals surface area contributed by atoms with Crippen LogP contribution in [0.5, 0.6) is 0 Å². The smallest absolute Gasteiger partial charge is 0.138 e. The highest BCUT2D eigenvalue weighted by Gasteiger charge is 2.27. The SMILES string of the molecule is [2H]C([2H])(C)c1c(C(C)(C)C)ccc2c1oc1ccccc12.[2H]C([2H])(C)c1cc2oc3ccccc3c2cc1C(C)(C)C.[2H]C([2H])(C)c1ccc2sc3ccccc3c2c1C(C)(C)C.[2H]C([2H])([2H])c1c(C(C)(C)C)ccc2sc3ccccc3c12.[2H]C([2H])([2H])c1cc2c(cc1C(C)(C)C)Cc1ccccc1-2. The molecule has 0 atom stereocenters. The van der Waals surface area contributed by atoms with Gasteiger partial charge >= 0.3 is 0 Å². The van der Waals surface area contributed by atoms with E-state index >= 15 is 0 Å². The maximum atomic E-state index is 8.26. The molecule has 15 rings (SSSR count). The number of furan rings is 2. The van der Waals surface area contributed by atoms with Gasteiger partial charge in [0, 0.05) is 78.3 Å². The number of aryl methyl sites for hydroxylation is 5. The number of para-hydroxylation sites is 2. The van der Waals surface area contributed by atoms with Crippen LogP contribution in [0.2, 0.25) is 0 Å². The van der Waals surface area contributed by atoms with Crippen LogP contribution in [0.15, 0.2) is 191 Å². The number of fused-ring (bicyclic) bond motifs is 15. The Kier molecular flexibility index (Phi) is 14.6. The molecule has 2 nitrogen and oxygen atoms in total. The van der Waals surface area contributed by atoms with Crippen molar-refractivity contribution >= 4 is 107 Å². The number of hydrogen-bond acceptors (Lipinski definition) is 4. The van der Waals surface area contributed by atoms with E-state index in [0.29, 0.717) is 27.8 Å². The van der Waals surface area contributed by atoms with Gasteiger partial charge in [0.2, 0.25) is 0 Å². The third-order valence-electron chi connectivity index (χ3n) is 17.9. The fourth-order valence-corrected chi connectivity index (χ4v) is 15.5. The summed E-state index contributed by atoms with van der Waals surface area (Å²) in [7, 11) is 0. The van der Waals surface area contributed by atoms with Crippen LogP contribution in [0.4, 0.5) is 0 Å². The maximum absolute atomic E-state index is 8.26. The molecule has 1 aliphatic carbocycles. The van der Waals surface area contributed by atoms with E-state index in [2.05, 4.69) is 177 Å². The van der Waals surface area contributed by atoms with Crippen molar-refractivity contribution in [1.29, 1.82) is 0 Å². The van der Waals surface area contributed by atoms with Crippen LogP contribution in [-0.2, 0) is 52.6 Å². The van der Waals surface area contributed by atoms with Crippen LogP contribution in [0.1, 0.15) is 208 Å². The van der Waals surface area contributed by atoms with Gasteiger partial charge in [-0.3, -0.25) is 0 Å². The Morgan fingerprint density at radius 3 is 1.48 bits per heavy atom. The molecule has 10 aromatic carbocycles. The molecule has 0 radical (unpaired) electrons. The summed E-state index contributed by atoms with van der Waals surface area (Å²) in [5.74, 6) is 0. The molecule has 4 heterocycles. The van der Waals surface area contributed by atoms with Crippen molar-refractivity contribution in [2.45, 2.75) is 191 Å². The Bertz CT molecular complexity index is 5390. The normalized spacial score (nSPS) is 15.2. The van der Waals surface area contributed by atoms with E-state index in [1.165, 1.54) is 36.9 Å². The van der Waals surface area contributed by atoms with Crippen LogP contribution in [0.3, 0.4) is 0 Å². The van der Waals surface area contributed by atoms with Crippen molar-refractivity contribution in [3.8, 4) is 11.1 Å². The summed E-state index contributed by atoms with van der Waals surface area (Å²) in [6, 6.07) is 60.7. The molecule has 0 saturated heterocycles. The molecule has 14 aromatic rings. The third-order valence-corrected chi connectivity index (χ3v) is 20.1. The zero-order valence-electron chi connectivity index (χ0n) is 69.7. The van der Waals surface area contributed by atoms with Crippen LogP contribution in [0, 0.1) is 13.7 Å². The van der Waals surface area contributed by atoms with Gasteiger partial charge in [-0.15, -0.1) is 22.7 Å². The van der Waals surface area contributed by atoms with Gasteiger partial charge in [-0.25, -0.2) is 0 Å². The average Bonchev–Trinajstić information content (AvgIpc) is 1.67. The summed E-state index contributed by atoms with van der Waals surface area (Å²) < 4.78 is 113. The van der Waals surface area contributed by atoms with Gasteiger partial charge in [0.25, 0.3) is 0 Å². The minimum absolute atomic E-state index is 0.0952. The molecule has 0 N–H and O–H groups in total. The minimum Gasteiger partial charge on any atom is -0.456 e. The van der Waals surface area contributed by atoms with Crippen LogP contribution < -0.4 is 0 Å². The second kappa shape index (κ2) is 25.9. The minimum atomic E-state index is -2.11. The molecule has 478 valence electrons. The van der Waals surface area contributed by atoms with Gasteiger partial charge < -0.3 is 8.83 Å². The zero-order valence-corrected chi connectivity index (χ0v) is 59.3. The third kappa shape index (κ3) is 13.4. The molecule has 0 saturated carbocycles. The lowest BCUT2D eigenvalue weighted by atomic mass is 9.80. The first kappa shape index (κ1) is 52.6. The Morgan fingerprint density at radius 2 is 0.903 bits per heavy atom. The van der Waals surface area contributed by atoms with Crippen molar-refractivity contribution in [2.75, 3.05) is 0 Å². The van der Waals surface area contributed by atoms with Crippen molar-refractivity contribution < 1.29 is 25.3 Å². The summed E-state index contributed by atoms with van der Waals surface area (Å²) >= 11 is 3.45. The molecule has 0 fully saturated rings. The van der Waals surface area contributed by atoms with Gasteiger partial charge in [0.05, 0.1) is 0 Å². The highest BCUT2D eigenvalue weighted by molar-refractivity contribution is 7.26. The fraction of sp³-hybridized carbons (Fsp3) is 0.326. The lowest BCUT2D eigenvalue weighted by Crippen LogP contribution is -2.14. The van der Waals surface area contributed by atoms with Crippen LogP contribution in [-0.4, -0.2) is 0 Å². The molecule has 93 heavy (non-hydrogen) atoms. The van der Waals surface area contributed by atoms with Crippen LogP contribution >= 0.6 is 22.7 Å². The van der Waals surface area contributed by atoms with E-state index in [1.807, 2.05) is 109 Å². The number of thiophene rings is 2. The molecule has 1 aliphatic rings. The Labute approximate surface area is 580 Å². The highest BCUT2D eigenvalue weighted by atomic mass is 32.1. The first-order valence-corrected chi connectivity index (χ1v) is 34.2. The quantitative estimate of drug-likeness (QED) is 0.176. The summed E-state index contributed by atoms with van der Waals surface area (Å²) in [6.07, 6.45) is -3.28. The molecule has 4 heteroatoms. The second-order valence-corrected chi connectivity index (χ2v) is 31.9. The lowest BCUT2D eigenvalue weighted by Gasteiger charge is -2.24. The standard InChI is InChI=1S/2C18H20O.C18H20S.C18H20.C17H18S/c1-5-12-10-17-14(11-15(12)18(2,3)4)13-8-6-7-9-16(13)19-17;1-5-12-15(18(2,3)4)11-10-14-13-8-6-7-9-16(13)19-17(12)14;1-5-12-10-11-15-16(17(12)18(2,3)4)13-8-6-7-9-14(13)19-15;1-12-9-16-14(11-17(12)18(2,3)4)10-13-7-5-6-8-15(13)16;1-11-13(17(2,3)4)9-10-15-16(11)12-7-5-6-8-14(12)18-15/h3*6-11H,5H2,1-4H3;5-9,11H,10H2,1-4H3;5-10H,1-4H3/i3*5D2;2*1D3. The largest absolute Gasteiger partial charge is 0.456 e. The summed E-state index contributed by atoms with van der Waals surface area (Å²) in [5, 5.41) is 8.60. The van der Waals surface area contributed by atoms with E-state index in [0.717, 1.165) is 104 Å². The summed E-state index contributed by atoms with van der Waals surface area (Å²) in [6.45, 7) is 32.3. The van der Waals surface area contributed by atoms with E-state index in [9.17, 15) is 0 Å². The fourth-order valence-electron chi connectivity index (χ4n) is 13.3. The Balaban J connectivity index is 0.000000131. The van der Waals surface area contributed by atoms with E-state index in [-0.39, 0.29) is 27.1 Å². The van der Waals surface area contributed by atoms with Crippen molar-refractivity contribution in [3.05, 3.63) is 249 Å². The molecule has 0 unspecified atom stereocenters. The van der Waals surface area contributed by atoms with Crippen LogP contribution in [0.25, 0.3) is 95.3 Å². The molecule has 0 amide bonds. The average molecular weight is 1280 g/mol. The topological polar surface area (TPSA) is 26.3 Å². The number of rotatable bonds is 3. The van der Waals surface area contributed by atoms with E-state index in [4.69, 9.17) is 25.3 Å². The first-order chi connectivity index (χ1) is 48.4. The maximum Gasteiger partial charge on any atom is 0.138 e. The Hall–Kier alpha value is -7.76. The van der Waals surface area contributed by atoms with Gasteiger partial charge in [0.1, 0.15) is 22.3 Å². The van der Waals surface area contributed by atoms with Crippen molar-refractivity contribution in [1.82, 2.24) is 0 Å². The lowest BCUT2D eigenvalue weighted by molar-refractivity contribution is 0.579. The number of hydrogen-bond donors (Lipinski definition) is 0. The monoisotopic (exact) mass is 1270 g/mol. The zero-order chi connectivity index (χ0) is 77.1. The summed E-state index contributed by atoms with van der Waals surface area (Å²) in [4.78, 5) is 0. The Morgan fingerprint density at radius 1 is 0.376 bits per heavy atom. The van der Waals surface area contributed by atoms with Gasteiger partial charge in [-0.1, -0.05) is 258 Å². The van der Waals surface area contributed by atoms with E-state index in [1.54, 1.807) is 43.4 Å². The van der Waals surface area contributed by atoms with Gasteiger partial charge in [0.15, 0.2) is 0 Å². The van der Waals surface area contributed by atoms with Crippen molar-refractivity contribution in [3.63, 3.8) is 0 Å². The predicted octanol–water partition coefficient (Wildman–Crippen LogP) is 27.3. The van der Waals surface area contributed by atoms with E-state index < -0.39 is 32.8 Å². The molecule has 0 bridgehead atoms. The molecule has 4 aromatic heterocycles. The molecule has 0 spiro atoms. The highest BCUT2D eigenvalue weighted by Crippen LogP contribution is 2.45. The number of benzene rings is 10. The predicted molar refractivity (Wildman–Crippen MR) is 412 cm³/mol. The van der Waals surface area contributed by atoms with Crippen molar-refractivity contribution in [2.24, 2.45) is 0 Å². The first-order valence-electron chi connectivity index (χ1n) is 38.5. The summed E-state index contributed by atoms with van der Waals surface area (Å²) in [5.41, 5.74) is 15.4. The van der Waals surface area contributed by atoms with Gasteiger partial charge in [-0.2, -0.15) is 0 Å². The second-order valence-electron chi connectivity index (χ2n) is 29.8.